The van der Waals surface area contributed by atoms with Gasteiger partial charge in [0.15, 0.2) is 5.96 Å². The van der Waals surface area contributed by atoms with Crippen LogP contribution in [-0.4, -0.2) is 31.8 Å². The molecule has 0 amide bonds. The maximum atomic E-state index is 5.82. The lowest BCUT2D eigenvalue weighted by Crippen LogP contribution is -2.40. The maximum absolute atomic E-state index is 5.82. The summed E-state index contributed by atoms with van der Waals surface area (Å²) in [5.74, 6) is 2.32. The first-order valence-electron chi connectivity index (χ1n) is 9.37. The van der Waals surface area contributed by atoms with Gasteiger partial charge in [-0.15, -0.1) is 35.3 Å². The molecule has 2 N–H and O–H groups in total. The van der Waals surface area contributed by atoms with Crippen LogP contribution in [0.25, 0.3) is 0 Å². The van der Waals surface area contributed by atoms with Crippen molar-refractivity contribution in [1.29, 1.82) is 0 Å². The van der Waals surface area contributed by atoms with E-state index in [9.17, 15) is 0 Å². The predicted molar refractivity (Wildman–Crippen MR) is 124 cm³/mol. The van der Waals surface area contributed by atoms with Crippen LogP contribution in [0.2, 0.25) is 0 Å². The minimum Gasteiger partial charge on any atom is -0.469 e. The molecule has 1 unspecified atom stereocenters. The van der Waals surface area contributed by atoms with E-state index in [0.29, 0.717) is 12.5 Å². The summed E-state index contributed by atoms with van der Waals surface area (Å²) in [4.78, 5) is 5.96. The smallest absolute Gasteiger partial charge is 0.191 e. The molecule has 0 radical (unpaired) electrons. The summed E-state index contributed by atoms with van der Waals surface area (Å²) < 4.78 is 11.2. The van der Waals surface area contributed by atoms with E-state index in [4.69, 9.17) is 14.1 Å². The highest BCUT2D eigenvalue weighted by molar-refractivity contribution is 14.0. The Kier molecular flexibility index (Phi) is 12.4. The Morgan fingerprint density at radius 3 is 2.67 bits per heavy atom. The molecule has 1 atom stereocenters. The molecule has 2 rings (SSSR count). The summed E-state index contributed by atoms with van der Waals surface area (Å²) in [5, 5.41) is 8.92. The van der Waals surface area contributed by atoms with E-state index in [2.05, 4.69) is 42.0 Å². The fraction of sp³-hybridized carbons (Fsp3) is 0.550. The van der Waals surface area contributed by atoms with Gasteiger partial charge in [0.1, 0.15) is 5.76 Å². The monoisotopic (exact) mass is 505 g/mol. The molecule has 0 aromatic carbocycles. The van der Waals surface area contributed by atoms with Crippen LogP contribution in [0.4, 0.5) is 0 Å². The summed E-state index contributed by atoms with van der Waals surface area (Å²) in [7, 11) is 0. The van der Waals surface area contributed by atoms with Gasteiger partial charge in [0, 0.05) is 31.0 Å². The van der Waals surface area contributed by atoms with Crippen LogP contribution in [0.5, 0.6) is 0 Å². The van der Waals surface area contributed by atoms with E-state index in [-0.39, 0.29) is 30.1 Å². The predicted octanol–water partition coefficient (Wildman–Crippen LogP) is 4.69. The molecule has 7 heteroatoms. The molecule has 27 heavy (non-hydrogen) atoms. The Hall–Kier alpha value is -1.06. The second-order valence-corrected chi connectivity index (χ2v) is 7.49. The van der Waals surface area contributed by atoms with Crippen LogP contribution in [-0.2, 0) is 17.7 Å². The molecule has 0 spiro atoms. The fourth-order valence-electron chi connectivity index (χ4n) is 2.65. The normalized spacial score (nSPS) is 12.7. The highest BCUT2D eigenvalue weighted by Gasteiger charge is 2.13. The van der Waals surface area contributed by atoms with E-state index < -0.39 is 0 Å². The summed E-state index contributed by atoms with van der Waals surface area (Å²) in [6.45, 7) is 9.51. The molecule has 0 fully saturated rings. The third-order valence-corrected chi connectivity index (χ3v) is 4.92. The fourth-order valence-corrected chi connectivity index (χ4v) is 3.28. The van der Waals surface area contributed by atoms with Crippen molar-refractivity contribution < 1.29 is 9.15 Å². The van der Waals surface area contributed by atoms with Crippen molar-refractivity contribution in [2.75, 3.05) is 19.7 Å². The number of hydrogen-bond acceptors (Lipinski definition) is 4. The molecule has 0 aliphatic rings. The molecule has 0 bridgehead atoms. The van der Waals surface area contributed by atoms with Gasteiger partial charge in [-0.25, -0.2) is 4.99 Å². The number of hydrogen-bond donors (Lipinski definition) is 2. The van der Waals surface area contributed by atoms with Gasteiger partial charge < -0.3 is 19.8 Å². The molecular weight excluding hydrogens is 473 g/mol. The summed E-state index contributed by atoms with van der Waals surface area (Å²) in [6, 6.07) is 8.08. The summed E-state index contributed by atoms with van der Waals surface area (Å²) in [5.41, 5.74) is 0. The number of halogens is 1. The zero-order chi connectivity index (χ0) is 18.6. The van der Waals surface area contributed by atoms with Gasteiger partial charge in [-0.1, -0.05) is 19.9 Å². The standard InChI is InChI=1S/C20H31N3O2S.HI/c1-4-24-19(16(2)3)10-12-22-20(23-15-18-8-6-14-26-18)21-11-9-17-7-5-13-25-17;/h5-8,13-14,16,19H,4,9-12,15H2,1-3H3,(H2,21,22,23);1H. The number of thiophene rings is 1. The summed E-state index contributed by atoms with van der Waals surface area (Å²) >= 11 is 1.73. The van der Waals surface area contributed by atoms with Crippen LogP contribution in [0.1, 0.15) is 37.8 Å². The van der Waals surface area contributed by atoms with Crippen molar-refractivity contribution in [2.24, 2.45) is 10.9 Å². The van der Waals surface area contributed by atoms with Gasteiger partial charge in [-0.3, -0.25) is 0 Å². The van der Waals surface area contributed by atoms with Crippen molar-refractivity contribution in [3.8, 4) is 0 Å². The SMILES string of the molecule is CCOC(CCNC(=NCc1cccs1)NCCc1ccco1)C(C)C.I. The zero-order valence-electron chi connectivity index (χ0n) is 16.4. The van der Waals surface area contributed by atoms with Crippen molar-refractivity contribution in [3.63, 3.8) is 0 Å². The van der Waals surface area contributed by atoms with Crippen molar-refractivity contribution in [2.45, 2.75) is 46.3 Å². The molecule has 2 aromatic rings. The molecule has 2 aromatic heterocycles. The summed E-state index contributed by atoms with van der Waals surface area (Å²) in [6.07, 6.45) is 3.78. The first kappa shape index (κ1) is 24.0. The molecule has 152 valence electrons. The van der Waals surface area contributed by atoms with Gasteiger partial charge in [0.25, 0.3) is 0 Å². The van der Waals surface area contributed by atoms with Gasteiger partial charge in [-0.05, 0) is 42.8 Å². The van der Waals surface area contributed by atoms with Crippen LogP contribution < -0.4 is 10.6 Å². The average molecular weight is 505 g/mol. The number of rotatable bonds is 11. The van der Waals surface area contributed by atoms with Gasteiger partial charge in [0.2, 0.25) is 0 Å². The average Bonchev–Trinajstić information content (AvgIpc) is 3.32. The Bertz CT molecular complexity index is 615. The van der Waals surface area contributed by atoms with E-state index in [0.717, 1.165) is 44.3 Å². The highest BCUT2D eigenvalue weighted by Crippen LogP contribution is 2.11. The third-order valence-electron chi connectivity index (χ3n) is 4.06. The van der Waals surface area contributed by atoms with E-state index in [1.165, 1.54) is 4.88 Å². The lowest BCUT2D eigenvalue weighted by molar-refractivity contribution is 0.0258. The largest absolute Gasteiger partial charge is 0.469 e. The quantitative estimate of drug-likeness (QED) is 0.264. The topological polar surface area (TPSA) is 58.8 Å². The zero-order valence-corrected chi connectivity index (χ0v) is 19.6. The number of nitrogens with one attached hydrogen (secondary N) is 2. The minimum atomic E-state index is 0. The Labute approximate surface area is 184 Å². The molecule has 5 nitrogen and oxygen atoms in total. The van der Waals surface area contributed by atoms with Crippen molar-refractivity contribution in [1.82, 2.24) is 10.6 Å². The van der Waals surface area contributed by atoms with Crippen LogP contribution in [0.15, 0.2) is 45.3 Å². The van der Waals surface area contributed by atoms with Gasteiger partial charge >= 0.3 is 0 Å². The van der Waals surface area contributed by atoms with Crippen LogP contribution in [0, 0.1) is 5.92 Å². The number of aliphatic imine (C=N–C) groups is 1. The molecule has 0 saturated carbocycles. The number of nitrogens with zero attached hydrogens (tertiary/aromatic N) is 1. The van der Waals surface area contributed by atoms with E-state index in [1.54, 1.807) is 17.6 Å². The van der Waals surface area contributed by atoms with Gasteiger partial charge in [-0.2, -0.15) is 0 Å². The van der Waals surface area contributed by atoms with Crippen LogP contribution in [0.3, 0.4) is 0 Å². The first-order valence-corrected chi connectivity index (χ1v) is 10.3. The Morgan fingerprint density at radius 1 is 1.22 bits per heavy atom. The Morgan fingerprint density at radius 2 is 2.04 bits per heavy atom. The second kappa shape index (κ2) is 14.0. The van der Waals surface area contributed by atoms with Gasteiger partial charge in [0.05, 0.1) is 18.9 Å². The van der Waals surface area contributed by atoms with Crippen molar-refractivity contribution in [3.05, 3.63) is 46.5 Å². The minimum absolute atomic E-state index is 0. The number of guanidine groups is 1. The molecule has 0 aliphatic carbocycles. The molecular formula is C20H32IN3O2S. The number of furan rings is 1. The third kappa shape index (κ3) is 9.62. The van der Waals surface area contributed by atoms with Crippen molar-refractivity contribution >= 4 is 41.3 Å². The van der Waals surface area contributed by atoms with E-state index >= 15 is 0 Å². The molecule has 0 saturated heterocycles. The molecule has 0 aliphatic heterocycles. The molecule has 2 heterocycles. The second-order valence-electron chi connectivity index (χ2n) is 6.45. The lowest BCUT2D eigenvalue weighted by Gasteiger charge is -2.21. The number of ether oxygens (including phenoxy) is 1. The first-order chi connectivity index (χ1) is 12.7. The highest BCUT2D eigenvalue weighted by atomic mass is 127. The maximum Gasteiger partial charge on any atom is 0.191 e. The van der Waals surface area contributed by atoms with E-state index in [1.807, 2.05) is 19.1 Å². The lowest BCUT2D eigenvalue weighted by atomic mass is 10.0. The Balaban J connectivity index is 0.00000364. The van der Waals surface area contributed by atoms with Crippen LogP contribution >= 0.6 is 35.3 Å².